The smallest absolute Gasteiger partial charge is 0.119 e. The standard InChI is InChI=1S/C22H21NO2/c1-17-3-5-19(6-4-17)16-25-22-11-7-18(8-12-22)15-23-20-9-13-21(24-2)14-10-20/h3-15H,16H2,1-2H3. The monoisotopic (exact) mass is 331 g/mol. The van der Waals surface area contributed by atoms with Crippen LogP contribution in [0.3, 0.4) is 0 Å². The molecule has 3 aromatic carbocycles. The first-order valence-corrected chi connectivity index (χ1v) is 8.19. The van der Waals surface area contributed by atoms with E-state index in [9.17, 15) is 0 Å². The van der Waals surface area contributed by atoms with Gasteiger partial charge in [0.05, 0.1) is 12.8 Å². The molecule has 3 heteroatoms. The fraction of sp³-hybridized carbons (Fsp3) is 0.136. The van der Waals surface area contributed by atoms with Crippen molar-refractivity contribution in [3.63, 3.8) is 0 Å². The Morgan fingerprint density at radius 1 is 0.800 bits per heavy atom. The summed E-state index contributed by atoms with van der Waals surface area (Å²) >= 11 is 0. The summed E-state index contributed by atoms with van der Waals surface area (Å²) in [4.78, 5) is 4.46. The summed E-state index contributed by atoms with van der Waals surface area (Å²) in [5.74, 6) is 1.68. The highest BCUT2D eigenvalue weighted by Crippen LogP contribution is 2.18. The van der Waals surface area contributed by atoms with Crippen LogP contribution in [0.2, 0.25) is 0 Å². The van der Waals surface area contributed by atoms with Crippen molar-refractivity contribution in [2.24, 2.45) is 4.99 Å². The van der Waals surface area contributed by atoms with E-state index in [0.29, 0.717) is 6.61 Å². The van der Waals surface area contributed by atoms with Crippen LogP contribution in [-0.4, -0.2) is 13.3 Å². The predicted molar refractivity (Wildman–Crippen MR) is 102 cm³/mol. The number of hydrogen-bond acceptors (Lipinski definition) is 3. The van der Waals surface area contributed by atoms with Gasteiger partial charge in [0, 0.05) is 6.21 Å². The van der Waals surface area contributed by atoms with E-state index in [1.54, 1.807) is 7.11 Å². The van der Waals surface area contributed by atoms with E-state index in [1.165, 1.54) is 5.56 Å². The Bertz CT molecular complexity index is 819. The molecule has 3 nitrogen and oxygen atoms in total. The second-order valence-corrected chi connectivity index (χ2v) is 5.80. The van der Waals surface area contributed by atoms with Crippen molar-refractivity contribution in [2.45, 2.75) is 13.5 Å². The van der Waals surface area contributed by atoms with Gasteiger partial charge in [0.1, 0.15) is 18.1 Å². The Morgan fingerprint density at radius 2 is 1.44 bits per heavy atom. The summed E-state index contributed by atoms with van der Waals surface area (Å²) in [5.41, 5.74) is 4.33. The Hall–Kier alpha value is -3.07. The molecule has 0 saturated heterocycles. The molecular weight excluding hydrogens is 310 g/mol. The molecular formula is C22H21NO2. The van der Waals surface area contributed by atoms with Gasteiger partial charge in [0.2, 0.25) is 0 Å². The lowest BCUT2D eigenvalue weighted by Gasteiger charge is -2.06. The zero-order valence-electron chi connectivity index (χ0n) is 14.5. The number of benzene rings is 3. The summed E-state index contributed by atoms with van der Waals surface area (Å²) < 4.78 is 11.0. The predicted octanol–water partition coefficient (Wildman–Crippen LogP) is 5.33. The molecule has 0 unspecified atom stereocenters. The van der Waals surface area contributed by atoms with Crippen LogP contribution < -0.4 is 9.47 Å². The largest absolute Gasteiger partial charge is 0.497 e. The third-order valence-corrected chi connectivity index (χ3v) is 3.84. The lowest BCUT2D eigenvalue weighted by atomic mass is 10.2. The minimum Gasteiger partial charge on any atom is -0.497 e. The number of nitrogens with zero attached hydrogens (tertiary/aromatic N) is 1. The zero-order chi connectivity index (χ0) is 17.5. The van der Waals surface area contributed by atoms with E-state index in [2.05, 4.69) is 36.2 Å². The number of ether oxygens (including phenoxy) is 2. The second-order valence-electron chi connectivity index (χ2n) is 5.80. The third-order valence-electron chi connectivity index (χ3n) is 3.84. The number of aryl methyl sites for hydroxylation is 1. The molecule has 0 aliphatic heterocycles. The molecule has 0 saturated carbocycles. The van der Waals surface area contributed by atoms with Crippen LogP contribution in [0, 0.1) is 6.92 Å². The average Bonchev–Trinajstić information content (AvgIpc) is 2.67. The molecule has 0 aliphatic carbocycles. The van der Waals surface area contributed by atoms with Crippen LogP contribution in [0.25, 0.3) is 0 Å². The van der Waals surface area contributed by atoms with E-state index in [0.717, 1.165) is 28.3 Å². The first kappa shape index (κ1) is 16.8. The van der Waals surface area contributed by atoms with E-state index in [4.69, 9.17) is 9.47 Å². The van der Waals surface area contributed by atoms with Gasteiger partial charge in [0.25, 0.3) is 0 Å². The molecule has 0 aliphatic rings. The summed E-state index contributed by atoms with van der Waals surface area (Å²) in [7, 11) is 1.65. The minimum absolute atomic E-state index is 0.569. The molecule has 0 atom stereocenters. The summed E-state index contributed by atoms with van der Waals surface area (Å²) in [6.07, 6.45) is 1.84. The van der Waals surface area contributed by atoms with Crippen molar-refractivity contribution in [1.29, 1.82) is 0 Å². The van der Waals surface area contributed by atoms with Gasteiger partial charge >= 0.3 is 0 Å². The first-order chi connectivity index (χ1) is 12.2. The van der Waals surface area contributed by atoms with Crippen molar-refractivity contribution in [2.75, 3.05) is 7.11 Å². The Labute approximate surface area is 148 Å². The third kappa shape index (κ3) is 4.95. The Kier molecular flexibility index (Phi) is 5.47. The zero-order valence-corrected chi connectivity index (χ0v) is 14.5. The molecule has 0 N–H and O–H groups in total. The molecule has 0 bridgehead atoms. The lowest BCUT2D eigenvalue weighted by molar-refractivity contribution is 0.306. The summed E-state index contributed by atoms with van der Waals surface area (Å²) in [6.45, 7) is 2.65. The number of hydrogen-bond donors (Lipinski definition) is 0. The molecule has 0 aromatic heterocycles. The minimum atomic E-state index is 0.569. The molecule has 25 heavy (non-hydrogen) atoms. The second kappa shape index (κ2) is 8.15. The van der Waals surface area contributed by atoms with Crippen molar-refractivity contribution in [3.8, 4) is 11.5 Å². The average molecular weight is 331 g/mol. The van der Waals surface area contributed by atoms with Crippen molar-refractivity contribution in [1.82, 2.24) is 0 Å². The SMILES string of the molecule is COc1ccc(N=Cc2ccc(OCc3ccc(C)cc3)cc2)cc1. The number of rotatable bonds is 6. The van der Waals surface area contributed by atoms with Gasteiger partial charge in [-0.25, -0.2) is 0 Å². The maximum atomic E-state index is 5.82. The lowest BCUT2D eigenvalue weighted by Crippen LogP contribution is -1.95. The maximum absolute atomic E-state index is 5.82. The van der Waals surface area contributed by atoms with Crippen LogP contribution in [-0.2, 0) is 6.61 Å². The highest BCUT2D eigenvalue weighted by Gasteiger charge is 1.97. The summed E-state index contributed by atoms with van der Waals surface area (Å²) in [6, 6.07) is 23.9. The maximum Gasteiger partial charge on any atom is 0.119 e. The number of methoxy groups -OCH3 is 1. The van der Waals surface area contributed by atoms with Gasteiger partial charge in [-0.2, -0.15) is 0 Å². The molecule has 3 aromatic rings. The van der Waals surface area contributed by atoms with Crippen LogP contribution in [0.1, 0.15) is 16.7 Å². The number of aliphatic imine (C=N–C) groups is 1. The van der Waals surface area contributed by atoms with E-state index in [1.807, 2.05) is 54.7 Å². The van der Waals surface area contributed by atoms with Crippen LogP contribution in [0.4, 0.5) is 5.69 Å². The van der Waals surface area contributed by atoms with Crippen molar-refractivity contribution < 1.29 is 9.47 Å². The Morgan fingerprint density at radius 3 is 2.08 bits per heavy atom. The first-order valence-electron chi connectivity index (χ1n) is 8.19. The van der Waals surface area contributed by atoms with Crippen LogP contribution in [0.15, 0.2) is 77.8 Å². The molecule has 3 rings (SSSR count). The molecule has 0 heterocycles. The van der Waals surface area contributed by atoms with E-state index in [-0.39, 0.29) is 0 Å². The van der Waals surface area contributed by atoms with Crippen molar-refractivity contribution >= 4 is 11.9 Å². The molecule has 0 spiro atoms. The fourth-order valence-corrected chi connectivity index (χ4v) is 2.32. The van der Waals surface area contributed by atoms with Gasteiger partial charge in [-0.05, 0) is 66.6 Å². The van der Waals surface area contributed by atoms with E-state index < -0.39 is 0 Å². The molecule has 0 radical (unpaired) electrons. The fourth-order valence-electron chi connectivity index (χ4n) is 2.32. The van der Waals surface area contributed by atoms with Crippen molar-refractivity contribution in [3.05, 3.63) is 89.5 Å². The van der Waals surface area contributed by atoms with Gasteiger partial charge in [0.15, 0.2) is 0 Å². The topological polar surface area (TPSA) is 30.8 Å². The van der Waals surface area contributed by atoms with Gasteiger partial charge in [-0.3, -0.25) is 4.99 Å². The van der Waals surface area contributed by atoms with E-state index >= 15 is 0 Å². The highest BCUT2D eigenvalue weighted by atomic mass is 16.5. The highest BCUT2D eigenvalue weighted by molar-refractivity contribution is 5.82. The van der Waals surface area contributed by atoms with Crippen LogP contribution >= 0.6 is 0 Å². The summed E-state index contributed by atoms with van der Waals surface area (Å²) in [5, 5.41) is 0. The van der Waals surface area contributed by atoms with Gasteiger partial charge in [-0.15, -0.1) is 0 Å². The van der Waals surface area contributed by atoms with Crippen LogP contribution in [0.5, 0.6) is 11.5 Å². The van der Waals surface area contributed by atoms with Gasteiger partial charge < -0.3 is 9.47 Å². The quantitative estimate of drug-likeness (QED) is 0.571. The van der Waals surface area contributed by atoms with Gasteiger partial charge in [-0.1, -0.05) is 29.8 Å². The normalized spacial score (nSPS) is 10.8. The Balaban J connectivity index is 1.57. The molecule has 126 valence electrons. The molecule has 0 amide bonds. The molecule has 0 fully saturated rings.